The lowest BCUT2D eigenvalue weighted by atomic mass is 9.94. The van der Waals surface area contributed by atoms with Crippen molar-refractivity contribution in [3.05, 3.63) is 69.2 Å². The molecule has 2 aliphatic heterocycles. The maximum Gasteiger partial charge on any atom is 0.295 e. The number of ether oxygens (including phenoxy) is 1. The van der Waals surface area contributed by atoms with Crippen LogP contribution in [-0.4, -0.2) is 58.9 Å². The van der Waals surface area contributed by atoms with Crippen LogP contribution in [0.15, 0.2) is 52.5 Å². The summed E-state index contributed by atoms with van der Waals surface area (Å²) >= 11 is 3.50. The van der Waals surface area contributed by atoms with E-state index in [2.05, 4.69) is 34.7 Å². The summed E-state index contributed by atoms with van der Waals surface area (Å²) < 4.78 is 6.62. The average Bonchev–Trinajstić information content (AvgIpc) is 3.32. The lowest BCUT2D eigenvalue weighted by Gasteiger charge is -2.27. The van der Waals surface area contributed by atoms with Crippen LogP contribution < -0.4 is 4.74 Å². The monoisotopic (exact) mass is 526 g/mol. The van der Waals surface area contributed by atoms with Crippen LogP contribution in [0, 0.1) is 0 Å². The standard InChI is InChI=1S/C27H31BrN2O4/c1-4-29(5-2)12-7-13-30-24(18-8-6-9-21(28)16-18)23(26(32)27(30)33)25(31)19-10-11-22-20(15-19)14-17(3)34-22/h6,8-11,15-17,24,31H,4-5,7,12-14H2,1-3H3/t17-,24+/m0/s1. The lowest BCUT2D eigenvalue weighted by Crippen LogP contribution is -2.33. The molecule has 2 heterocycles. The fourth-order valence-electron chi connectivity index (χ4n) is 4.86. The first-order chi connectivity index (χ1) is 16.3. The normalized spacial score (nSPS) is 21.3. The zero-order valence-electron chi connectivity index (χ0n) is 19.9. The number of Topliss-reactive ketones (excluding diaryl/α,β-unsaturated/α-hetero) is 1. The van der Waals surface area contributed by atoms with Crippen molar-refractivity contribution in [2.75, 3.05) is 26.2 Å². The zero-order valence-corrected chi connectivity index (χ0v) is 21.5. The van der Waals surface area contributed by atoms with Crippen LogP contribution in [0.5, 0.6) is 5.75 Å². The first kappa shape index (κ1) is 24.5. The molecule has 1 N–H and O–H groups in total. The maximum absolute atomic E-state index is 13.2. The highest BCUT2D eigenvalue weighted by Gasteiger charge is 2.46. The predicted molar refractivity (Wildman–Crippen MR) is 136 cm³/mol. The summed E-state index contributed by atoms with van der Waals surface area (Å²) in [6, 6.07) is 12.4. The Balaban J connectivity index is 1.73. The van der Waals surface area contributed by atoms with Crippen LogP contribution in [0.3, 0.4) is 0 Å². The smallest absolute Gasteiger partial charge is 0.295 e. The van der Waals surface area contributed by atoms with E-state index in [4.69, 9.17) is 4.74 Å². The zero-order chi connectivity index (χ0) is 24.4. The minimum absolute atomic E-state index is 0.0745. The molecule has 0 radical (unpaired) electrons. The van der Waals surface area contributed by atoms with Gasteiger partial charge in [-0.1, -0.05) is 41.9 Å². The lowest BCUT2D eigenvalue weighted by molar-refractivity contribution is -0.140. The SMILES string of the molecule is CCN(CC)CCCN1C(=O)C(=O)C(=C(O)c2ccc3c(c2)C[C@H](C)O3)[C@H]1c1cccc(Br)c1. The van der Waals surface area contributed by atoms with Gasteiger partial charge in [-0.2, -0.15) is 0 Å². The number of likely N-dealkylation sites (tertiary alicyclic amines) is 1. The van der Waals surface area contributed by atoms with Gasteiger partial charge in [-0.05, 0) is 74.4 Å². The Morgan fingerprint density at radius 1 is 1.18 bits per heavy atom. The molecule has 4 rings (SSSR count). The molecule has 2 aliphatic rings. The largest absolute Gasteiger partial charge is 0.507 e. The minimum atomic E-state index is -0.643. The van der Waals surface area contributed by atoms with Crippen molar-refractivity contribution in [3.8, 4) is 5.75 Å². The van der Waals surface area contributed by atoms with Gasteiger partial charge in [-0.25, -0.2) is 0 Å². The summed E-state index contributed by atoms with van der Waals surface area (Å²) in [5.41, 5.74) is 2.44. The molecule has 1 amide bonds. The first-order valence-electron chi connectivity index (χ1n) is 11.9. The van der Waals surface area contributed by atoms with E-state index < -0.39 is 17.7 Å². The van der Waals surface area contributed by atoms with Crippen LogP contribution in [0.4, 0.5) is 0 Å². The Labute approximate surface area is 209 Å². The molecule has 2 atom stereocenters. The van der Waals surface area contributed by atoms with Gasteiger partial charge in [0.05, 0.1) is 11.6 Å². The number of rotatable bonds is 8. The molecule has 0 bridgehead atoms. The molecular formula is C27H31BrN2O4. The number of halogens is 1. The summed E-state index contributed by atoms with van der Waals surface area (Å²) in [7, 11) is 0. The van der Waals surface area contributed by atoms with Crippen molar-refractivity contribution >= 4 is 33.4 Å². The highest BCUT2D eigenvalue weighted by atomic mass is 79.9. The Kier molecular flexibility index (Phi) is 7.43. The number of carbonyl (C=O) groups is 2. The number of benzene rings is 2. The number of nitrogens with zero attached hydrogens (tertiary/aromatic N) is 2. The quantitative estimate of drug-likeness (QED) is 0.300. The van der Waals surface area contributed by atoms with Crippen molar-refractivity contribution < 1.29 is 19.4 Å². The molecule has 34 heavy (non-hydrogen) atoms. The van der Waals surface area contributed by atoms with Crippen LogP contribution in [-0.2, 0) is 16.0 Å². The van der Waals surface area contributed by atoms with E-state index in [-0.39, 0.29) is 17.4 Å². The molecule has 180 valence electrons. The Hall–Kier alpha value is -2.64. The number of carbonyl (C=O) groups excluding carboxylic acids is 2. The molecule has 1 saturated heterocycles. The number of aliphatic hydroxyl groups excluding tert-OH is 1. The summed E-state index contributed by atoms with van der Waals surface area (Å²) in [5.74, 6) is -0.555. The van der Waals surface area contributed by atoms with Gasteiger partial charge in [0.1, 0.15) is 17.6 Å². The van der Waals surface area contributed by atoms with Crippen LogP contribution in [0.1, 0.15) is 49.9 Å². The number of hydrogen-bond acceptors (Lipinski definition) is 5. The minimum Gasteiger partial charge on any atom is -0.507 e. The van der Waals surface area contributed by atoms with Gasteiger partial charge in [-0.15, -0.1) is 0 Å². The molecule has 7 heteroatoms. The Bertz CT molecular complexity index is 1130. The number of amides is 1. The molecule has 6 nitrogen and oxygen atoms in total. The Morgan fingerprint density at radius 2 is 1.94 bits per heavy atom. The highest BCUT2D eigenvalue weighted by Crippen LogP contribution is 2.41. The van der Waals surface area contributed by atoms with Gasteiger partial charge in [0.15, 0.2) is 0 Å². The van der Waals surface area contributed by atoms with Gasteiger partial charge in [0.2, 0.25) is 0 Å². The number of hydrogen-bond donors (Lipinski definition) is 1. The topological polar surface area (TPSA) is 70.1 Å². The summed E-state index contributed by atoms with van der Waals surface area (Å²) in [6.45, 7) is 9.36. The summed E-state index contributed by atoms with van der Waals surface area (Å²) in [4.78, 5) is 30.3. The molecule has 0 aromatic heterocycles. The van der Waals surface area contributed by atoms with Gasteiger partial charge in [0.25, 0.3) is 11.7 Å². The first-order valence-corrected chi connectivity index (χ1v) is 12.7. The second-order valence-corrected chi connectivity index (χ2v) is 9.80. The van der Waals surface area contributed by atoms with Crippen molar-refractivity contribution in [1.82, 2.24) is 9.80 Å². The van der Waals surface area contributed by atoms with Gasteiger partial charge in [0, 0.05) is 23.0 Å². The predicted octanol–water partition coefficient (Wildman–Crippen LogP) is 4.93. The second-order valence-electron chi connectivity index (χ2n) is 8.88. The third-order valence-electron chi connectivity index (χ3n) is 6.64. The van der Waals surface area contributed by atoms with Crippen molar-refractivity contribution in [2.45, 2.75) is 45.8 Å². The van der Waals surface area contributed by atoms with E-state index >= 15 is 0 Å². The molecule has 0 unspecified atom stereocenters. The van der Waals surface area contributed by atoms with Crippen LogP contribution in [0.2, 0.25) is 0 Å². The Morgan fingerprint density at radius 3 is 2.65 bits per heavy atom. The molecule has 1 fully saturated rings. The van der Waals surface area contributed by atoms with E-state index in [1.807, 2.05) is 43.3 Å². The molecular weight excluding hydrogens is 496 g/mol. The third kappa shape index (κ3) is 4.77. The third-order valence-corrected chi connectivity index (χ3v) is 7.13. The van der Waals surface area contributed by atoms with E-state index in [1.165, 1.54) is 0 Å². The second kappa shape index (κ2) is 10.3. The molecule has 0 spiro atoms. The summed E-state index contributed by atoms with van der Waals surface area (Å²) in [5, 5.41) is 11.3. The number of ketones is 1. The van der Waals surface area contributed by atoms with E-state index in [1.54, 1.807) is 11.0 Å². The van der Waals surface area contributed by atoms with E-state index in [0.717, 1.165) is 53.8 Å². The molecule has 2 aromatic carbocycles. The molecule has 0 aliphatic carbocycles. The molecule has 0 saturated carbocycles. The van der Waals surface area contributed by atoms with Crippen LogP contribution in [0.25, 0.3) is 5.76 Å². The van der Waals surface area contributed by atoms with Gasteiger partial charge >= 0.3 is 0 Å². The summed E-state index contributed by atoms with van der Waals surface area (Å²) in [6.07, 6.45) is 1.56. The number of fused-ring (bicyclic) bond motifs is 1. The molecule has 2 aromatic rings. The van der Waals surface area contributed by atoms with Crippen molar-refractivity contribution in [3.63, 3.8) is 0 Å². The fourth-order valence-corrected chi connectivity index (χ4v) is 5.28. The highest BCUT2D eigenvalue weighted by molar-refractivity contribution is 9.10. The van der Waals surface area contributed by atoms with E-state index in [9.17, 15) is 14.7 Å². The average molecular weight is 527 g/mol. The van der Waals surface area contributed by atoms with Crippen molar-refractivity contribution in [2.24, 2.45) is 0 Å². The van der Waals surface area contributed by atoms with Gasteiger partial charge in [-0.3, -0.25) is 9.59 Å². The van der Waals surface area contributed by atoms with Gasteiger partial charge < -0.3 is 19.6 Å². The fraction of sp³-hybridized carbons (Fsp3) is 0.407. The van der Waals surface area contributed by atoms with Crippen molar-refractivity contribution in [1.29, 1.82) is 0 Å². The number of aliphatic hydroxyl groups is 1. The maximum atomic E-state index is 13.2. The van der Waals surface area contributed by atoms with Crippen LogP contribution >= 0.6 is 15.9 Å². The van der Waals surface area contributed by atoms with E-state index in [0.29, 0.717) is 12.1 Å².